The molecule has 0 spiro atoms. The summed E-state index contributed by atoms with van der Waals surface area (Å²) in [6.07, 6.45) is 2.90. The Labute approximate surface area is 113 Å². The van der Waals surface area contributed by atoms with Crippen LogP contribution in [0, 0.1) is 0 Å². The van der Waals surface area contributed by atoms with Crippen LogP contribution in [0.15, 0.2) is 24.3 Å². The van der Waals surface area contributed by atoms with Gasteiger partial charge >= 0.3 is 6.09 Å². The molecule has 2 aliphatic heterocycles. The maximum Gasteiger partial charge on any atom is 0.410 e. The smallest absolute Gasteiger partial charge is 0.410 e. The van der Waals surface area contributed by atoms with Crippen molar-refractivity contribution in [2.45, 2.75) is 44.4 Å². The minimum absolute atomic E-state index is 0.0355. The third-order valence-corrected chi connectivity index (χ3v) is 4.22. The summed E-state index contributed by atoms with van der Waals surface area (Å²) >= 11 is 0. The molecule has 3 atom stereocenters. The Balaban J connectivity index is 1.71. The van der Waals surface area contributed by atoms with Crippen LogP contribution in [-0.4, -0.2) is 36.3 Å². The SMILES string of the molecule is COc1ccc(C[C@H]2CC[C@@H]3[C@@H](C)OC(=O)N23)cc1. The van der Waals surface area contributed by atoms with Gasteiger partial charge in [-0.2, -0.15) is 0 Å². The molecule has 102 valence electrons. The van der Waals surface area contributed by atoms with Crippen LogP contribution < -0.4 is 4.74 Å². The van der Waals surface area contributed by atoms with E-state index in [9.17, 15) is 4.79 Å². The zero-order valence-corrected chi connectivity index (χ0v) is 11.3. The molecule has 0 aromatic heterocycles. The summed E-state index contributed by atoms with van der Waals surface area (Å²) in [6.45, 7) is 1.98. The maximum atomic E-state index is 11.9. The molecule has 2 heterocycles. The van der Waals surface area contributed by atoms with Gasteiger partial charge in [-0.25, -0.2) is 4.79 Å². The quantitative estimate of drug-likeness (QED) is 0.839. The number of rotatable bonds is 3. The average Bonchev–Trinajstić information content (AvgIpc) is 2.94. The maximum absolute atomic E-state index is 11.9. The van der Waals surface area contributed by atoms with Crippen molar-refractivity contribution in [3.8, 4) is 5.75 Å². The van der Waals surface area contributed by atoms with E-state index in [4.69, 9.17) is 9.47 Å². The summed E-state index contributed by atoms with van der Waals surface area (Å²) in [5, 5.41) is 0. The lowest BCUT2D eigenvalue weighted by molar-refractivity contribution is 0.130. The molecule has 19 heavy (non-hydrogen) atoms. The number of hydrogen-bond donors (Lipinski definition) is 0. The van der Waals surface area contributed by atoms with Crippen LogP contribution in [-0.2, 0) is 11.2 Å². The molecule has 1 amide bonds. The van der Waals surface area contributed by atoms with E-state index in [1.807, 2.05) is 24.0 Å². The molecule has 4 heteroatoms. The third-order valence-electron chi connectivity index (χ3n) is 4.22. The van der Waals surface area contributed by atoms with Crippen LogP contribution in [0.1, 0.15) is 25.3 Å². The van der Waals surface area contributed by atoms with E-state index in [1.54, 1.807) is 7.11 Å². The monoisotopic (exact) mass is 261 g/mol. The Bertz CT molecular complexity index is 471. The number of amides is 1. The first-order chi connectivity index (χ1) is 9.19. The molecule has 0 N–H and O–H groups in total. The Morgan fingerprint density at radius 2 is 2.05 bits per heavy atom. The molecule has 2 fully saturated rings. The van der Waals surface area contributed by atoms with Gasteiger partial charge in [0.2, 0.25) is 0 Å². The zero-order chi connectivity index (χ0) is 13.4. The van der Waals surface area contributed by atoms with Crippen molar-refractivity contribution in [3.63, 3.8) is 0 Å². The van der Waals surface area contributed by atoms with Crippen molar-refractivity contribution in [2.24, 2.45) is 0 Å². The van der Waals surface area contributed by atoms with Gasteiger partial charge < -0.3 is 9.47 Å². The lowest BCUT2D eigenvalue weighted by atomic mass is 10.0. The minimum atomic E-state index is -0.145. The zero-order valence-electron chi connectivity index (χ0n) is 11.3. The second-order valence-corrected chi connectivity index (χ2v) is 5.35. The van der Waals surface area contributed by atoms with E-state index in [2.05, 4.69) is 12.1 Å². The van der Waals surface area contributed by atoms with Crippen LogP contribution in [0.25, 0.3) is 0 Å². The summed E-state index contributed by atoms with van der Waals surface area (Å²) < 4.78 is 10.5. The van der Waals surface area contributed by atoms with Gasteiger partial charge in [0.05, 0.1) is 13.2 Å². The van der Waals surface area contributed by atoms with Crippen LogP contribution in [0.3, 0.4) is 0 Å². The van der Waals surface area contributed by atoms with Crippen LogP contribution in [0.4, 0.5) is 4.79 Å². The first kappa shape index (κ1) is 12.3. The Morgan fingerprint density at radius 1 is 1.32 bits per heavy atom. The number of carbonyl (C=O) groups excluding carboxylic acids is 1. The molecule has 0 aliphatic carbocycles. The van der Waals surface area contributed by atoms with Gasteiger partial charge in [-0.15, -0.1) is 0 Å². The summed E-state index contributed by atoms with van der Waals surface area (Å²) in [4.78, 5) is 13.8. The third kappa shape index (κ3) is 2.15. The highest BCUT2D eigenvalue weighted by Gasteiger charge is 2.47. The van der Waals surface area contributed by atoms with Crippen molar-refractivity contribution in [3.05, 3.63) is 29.8 Å². The van der Waals surface area contributed by atoms with Crippen molar-refractivity contribution in [1.82, 2.24) is 4.90 Å². The van der Waals surface area contributed by atoms with Gasteiger partial charge in [-0.3, -0.25) is 4.90 Å². The predicted octanol–water partition coefficient (Wildman–Crippen LogP) is 2.61. The van der Waals surface area contributed by atoms with Gasteiger partial charge in [0.15, 0.2) is 0 Å². The van der Waals surface area contributed by atoms with E-state index in [-0.39, 0.29) is 24.3 Å². The average molecular weight is 261 g/mol. The highest BCUT2D eigenvalue weighted by Crippen LogP contribution is 2.35. The molecule has 1 aromatic rings. The summed E-state index contributed by atoms with van der Waals surface area (Å²) in [5.74, 6) is 0.863. The standard InChI is InChI=1S/C15H19NO3/c1-10-14-8-5-12(16(14)15(17)19-10)9-11-3-6-13(18-2)7-4-11/h3-4,6-7,10,12,14H,5,8-9H2,1-2H3/t10-,12-,14-/m1/s1. The van der Waals surface area contributed by atoms with Gasteiger partial charge in [0.25, 0.3) is 0 Å². The first-order valence-electron chi connectivity index (χ1n) is 6.81. The largest absolute Gasteiger partial charge is 0.497 e. The van der Waals surface area contributed by atoms with Crippen molar-refractivity contribution in [1.29, 1.82) is 0 Å². The minimum Gasteiger partial charge on any atom is -0.497 e. The Morgan fingerprint density at radius 3 is 2.74 bits per heavy atom. The number of cyclic esters (lactones) is 1. The number of nitrogens with zero attached hydrogens (tertiary/aromatic N) is 1. The van der Waals surface area contributed by atoms with E-state index in [0.29, 0.717) is 0 Å². The molecular weight excluding hydrogens is 242 g/mol. The van der Waals surface area contributed by atoms with Gasteiger partial charge in [-0.1, -0.05) is 12.1 Å². The number of benzene rings is 1. The molecule has 0 radical (unpaired) electrons. The van der Waals surface area contributed by atoms with Crippen molar-refractivity contribution in [2.75, 3.05) is 7.11 Å². The molecule has 0 unspecified atom stereocenters. The number of carbonyl (C=O) groups is 1. The van der Waals surface area contributed by atoms with Gasteiger partial charge in [-0.05, 0) is 43.9 Å². The topological polar surface area (TPSA) is 38.8 Å². The second-order valence-electron chi connectivity index (χ2n) is 5.35. The van der Waals surface area contributed by atoms with Gasteiger partial charge in [0, 0.05) is 6.04 Å². The lowest BCUT2D eigenvalue weighted by Gasteiger charge is -2.21. The Hall–Kier alpha value is -1.71. The normalized spacial score (nSPS) is 29.3. The fourth-order valence-electron chi connectivity index (χ4n) is 3.19. The highest BCUT2D eigenvalue weighted by molar-refractivity contribution is 5.71. The molecule has 4 nitrogen and oxygen atoms in total. The van der Waals surface area contributed by atoms with E-state index in [1.165, 1.54) is 5.56 Å². The number of methoxy groups -OCH3 is 1. The number of hydrogen-bond acceptors (Lipinski definition) is 3. The second kappa shape index (κ2) is 4.76. The molecule has 3 rings (SSSR count). The summed E-state index contributed by atoms with van der Waals surface area (Å²) in [6, 6.07) is 8.61. The van der Waals surface area contributed by atoms with E-state index >= 15 is 0 Å². The molecular formula is C15H19NO3. The fourth-order valence-corrected chi connectivity index (χ4v) is 3.19. The highest BCUT2D eigenvalue weighted by atomic mass is 16.6. The fraction of sp³-hybridized carbons (Fsp3) is 0.533. The van der Waals surface area contributed by atoms with Crippen LogP contribution in [0.2, 0.25) is 0 Å². The molecule has 0 bridgehead atoms. The number of ether oxygens (including phenoxy) is 2. The molecule has 2 aliphatic rings. The number of fused-ring (bicyclic) bond motifs is 1. The molecule has 0 saturated carbocycles. The lowest BCUT2D eigenvalue weighted by Crippen LogP contribution is -2.37. The predicted molar refractivity (Wildman–Crippen MR) is 71.3 cm³/mol. The summed E-state index contributed by atoms with van der Waals surface area (Å²) in [7, 11) is 1.66. The molecule has 2 saturated heterocycles. The Kier molecular flexibility index (Phi) is 3.09. The van der Waals surface area contributed by atoms with Crippen molar-refractivity contribution >= 4 is 6.09 Å². The van der Waals surface area contributed by atoms with E-state index in [0.717, 1.165) is 25.0 Å². The summed E-state index contributed by atoms with van der Waals surface area (Å²) in [5.41, 5.74) is 1.24. The molecule has 1 aromatic carbocycles. The van der Waals surface area contributed by atoms with E-state index < -0.39 is 0 Å². The van der Waals surface area contributed by atoms with Crippen molar-refractivity contribution < 1.29 is 14.3 Å². The van der Waals surface area contributed by atoms with Crippen LogP contribution in [0.5, 0.6) is 5.75 Å². The van der Waals surface area contributed by atoms with Gasteiger partial charge in [0.1, 0.15) is 11.9 Å². The first-order valence-corrected chi connectivity index (χ1v) is 6.81. The van der Waals surface area contributed by atoms with Crippen LogP contribution >= 0.6 is 0 Å².